The van der Waals surface area contributed by atoms with E-state index in [1.54, 1.807) is 0 Å². The van der Waals surface area contributed by atoms with Gasteiger partial charge in [0.1, 0.15) is 24.4 Å². The predicted octanol–water partition coefficient (Wildman–Crippen LogP) is 3.45. The number of hydrogen-bond acceptors (Lipinski definition) is 6. The molecule has 2 N–H and O–H groups in total. The minimum absolute atomic E-state index is 0. The third-order valence-electron chi connectivity index (χ3n) is 5.58. The Morgan fingerprint density at radius 1 is 0.618 bits per heavy atom. The average molecular weight is 678 g/mol. The van der Waals surface area contributed by atoms with Gasteiger partial charge >= 0.3 is 0 Å². The molecule has 1 saturated heterocycles. The van der Waals surface area contributed by atoms with Crippen molar-refractivity contribution in [3.05, 3.63) is 108 Å². The van der Waals surface area contributed by atoms with Crippen molar-refractivity contribution in [3.8, 4) is 0 Å². The van der Waals surface area contributed by atoms with Crippen molar-refractivity contribution in [2.24, 2.45) is 0 Å². The molecule has 3 aromatic carbocycles. The third kappa shape index (κ3) is 7.94. The van der Waals surface area contributed by atoms with Gasteiger partial charge in [-0.3, -0.25) is 0 Å². The van der Waals surface area contributed by atoms with Crippen molar-refractivity contribution in [2.45, 2.75) is 50.5 Å². The maximum absolute atomic E-state index is 10.9. The van der Waals surface area contributed by atoms with Gasteiger partial charge in [0.05, 0.1) is 26.4 Å². The van der Waals surface area contributed by atoms with Gasteiger partial charge in [0.15, 0.2) is 6.29 Å². The van der Waals surface area contributed by atoms with Crippen LogP contribution in [0.2, 0.25) is 0 Å². The molecule has 0 aromatic heterocycles. The number of aliphatic hydroxyl groups excluding tert-OH is 2. The maximum atomic E-state index is 10.9. The van der Waals surface area contributed by atoms with Crippen LogP contribution in [0.15, 0.2) is 91.0 Å². The Kier molecular flexibility index (Phi) is 11.6. The Balaban J connectivity index is 0.00000324. The van der Waals surface area contributed by atoms with Gasteiger partial charge in [0.2, 0.25) is 0 Å². The Morgan fingerprint density at radius 3 is 1.62 bits per heavy atom. The molecule has 3 aromatic rings. The summed E-state index contributed by atoms with van der Waals surface area (Å²) in [6, 6.07) is 29.1. The molecule has 0 spiro atoms. The molecule has 1 fully saturated rings. The molecule has 7 heteroatoms. The summed E-state index contributed by atoms with van der Waals surface area (Å²) in [4.78, 5) is 0. The molecule has 1 aliphatic rings. The van der Waals surface area contributed by atoms with Crippen LogP contribution < -0.4 is 0 Å². The van der Waals surface area contributed by atoms with Gasteiger partial charge in [-0.05, 0) is 16.7 Å². The van der Waals surface area contributed by atoms with Crippen molar-refractivity contribution >= 4 is 0 Å². The Hall–Kier alpha value is -1.14. The van der Waals surface area contributed by atoms with Crippen molar-refractivity contribution in [1.82, 2.24) is 0 Å². The molecule has 4 rings (SSSR count). The van der Waals surface area contributed by atoms with E-state index in [9.17, 15) is 10.2 Å². The fraction of sp³-hybridized carbons (Fsp3) is 0.333. The number of rotatable bonds is 10. The van der Waals surface area contributed by atoms with Crippen LogP contribution >= 0.6 is 0 Å². The molecule has 0 aliphatic carbocycles. The van der Waals surface area contributed by atoms with Crippen LogP contribution in [0.1, 0.15) is 16.7 Å². The van der Waals surface area contributed by atoms with E-state index in [1.807, 2.05) is 91.0 Å². The van der Waals surface area contributed by atoms with Crippen LogP contribution in [-0.4, -0.2) is 47.5 Å². The normalized spacial score (nSPS) is 24.4. The molecule has 1 radical (unpaired) electrons. The molecular formula is C27H30AcO6. The molecule has 1 aliphatic heterocycles. The van der Waals surface area contributed by atoms with E-state index in [0.29, 0.717) is 6.61 Å². The summed E-state index contributed by atoms with van der Waals surface area (Å²) in [6.45, 7) is 1.12. The van der Waals surface area contributed by atoms with E-state index >= 15 is 0 Å². The Morgan fingerprint density at radius 2 is 1.09 bits per heavy atom. The number of benzene rings is 3. The summed E-state index contributed by atoms with van der Waals surface area (Å²) in [6.07, 6.45) is -4.82. The Labute approximate surface area is 236 Å². The summed E-state index contributed by atoms with van der Waals surface area (Å²) < 4.78 is 23.8. The molecule has 0 saturated carbocycles. The van der Waals surface area contributed by atoms with Gasteiger partial charge < -0.3 is 29.2 Å². The van der Waals surface area contributed by atoms with Crippen LogP contribution in [-0.2, 0) is 38.8 Å². The van der Waals surface area contributed by atoms with Gasteiger partial charge in [-0.25, -0.2) is 0 Å². The minimum atomic E-state index is -1.25. The van der Waals surface area contributed by atoms with Crippen molar-refractivity contribution < 1.29 is 73.2 Å². The van der Waals surface area contributed by atoms with E-state index in [0.717, 1.165) is 16.7 Å². The summed E-state index contributed by atoms with van der Waals surface area (Å²) in [5, 5.41) is 21.6. The number of aliphatic hydroxyl groups is 2. The van der Waals surface area contributed by atoms with Crippen molar-refractivity contribution in [3.63, 3.8) is 0 Å². The van der Waals surface area contributed by atoms with Gasteiger partial charge in [0, 0.05) is 44.1 Å². The van der Waals surface area contributed by atoms with E-state index < -0.39 is 30.7 Å². The monoisotopic (exact) mass is 677 g/mol. The molecule has 177 valence electrons. The fourth-order valence-electron chi connectivity index (χ4n) is 3.77. The first-order valence-electron chi connectivity index (χ1n) is 11.1. The molecule has 5 atom stereocenters. The standard InChI is InChI=1S/C27H30O6.Ac/c28-24-25(29)27(32-18-22-14-8-3-9-15-22)33-23(19-30-16-20-10-4-1-5-11-20)26(24)31-17-21-12-6-2-7-13-21;/h1-15,23-29H,16-19H2;/t23?,24-,25?,26-,27-;/m1./s1. The predicted molar refractivity (Wildman–Crippen MR) is 123 cm³/mol. The summed E-state index contributed by atoms with van der Waals surface area (Å²) in [5.41, 5.74) is 2.94. The van der Waals surface area contributed by atoms with Gasteiger partial charge in [-0.1, -0.05) is 91.0 Å². The van der Waals surface area contributed by atoms with Crippen LogP contribution in [0.25, 0.3) is 0 Å². The van der Waals surface area contributed by atoms with Crippen LogP contribution in [0, 0.1) is 44.1 Å². The van der Waals surface area contributed by atoms with Gasteiger partial charge in [-0.2, -0.15) is 0 Å². The topological polar surface area (TPSA) is 77.4 Å². The van der Waals surface area contributed by atoms with Crippen molar-refractivity contribution in [1.29, 1.82) is 0 Å². The second kappa shape index (κ2) is 14.4. The van der Waals surface area contributed by atoms with Gasteiger partial charge in [0.25, 0.3) is 0 Å². The van der Waals surface area contributed by atoms with Crippen LogP contribution in [0.3, 0.4) is 0 Å². The second-order valence-electron chi connectivity index (χ2n) is 8.08. The van der Waals surface area contributed by atoms with E-state index in [4.69, 9.17) is 18.9 Å². The number of hydrogen-bond donors (Lipinski definition) is 2. The Bertz CT molecular complexity index is 943. The zero-order chi connectivity index (χ0) is 22.9. The number of ether oxygens (including phenoxy) is 4. The molecule has 0 bridgehead atoms. The smallest absolute Gasteiger partial charge is 0.187 e. The molecule has 2 unspecified atom stereocenters. The van der Waals surface area contributed by atoms with E-state index in [1.165, 1.54) is 0 Å². The molecule has 1 heterocycles. The van der Waals surface area contributed by atoms with Crippen LogP contribution in [0.4, 0.5) is 0 Å². The largest absolute Gasteiger partial charge is 0.387 e. The SMILES string of the molecule is OC1[C@H](OCc2ccccc2)OC(COCc2ccccc2)[C@@H](OCc2ccccc2)[C@@H]1O.[Ac]. The summed E-state index contributed by atoms with van der Waals surface area (Å²) >= 11 is 0. The molecule has 0 amide bonds. The quantitative estimate of drug-likeness (QED) is 0.343. The van der Waals surface area contributed by atoms with Crippen molar-refractivity contribution in [2.75, 3.05) is 6.61 Å². The molecular weight excluding hydrogens is 647 g/mol. The van der Waals surface area contributed by atoms with Crippen LogP contribution in [0.5, 0.6) is 0 Å². The minimum Gasteiger partial charge on any atom is -0.387 e. The summed E-state index contributed by atoms with van der Waals surface area (Å²) in [5.74, 6) is 0. The van der Waals surface area contributed by atoms with E-state index in [-0.39, 0.29) is 63.9 Å². The second-order valence-corrected chi connectivity index (χ2v) is 8.08. The van der Waals surface area contributed by atoms with E-state index in [2.05, 4.69) is 0 Å². The zero-order valence-corrected chi connectivity index (χ0v) is 23.7. The molecule has 6 nitrogen and oxygen atoms in total. The first-order valence-corrected chi connectivity index (χ1v) is 11.1. The average Bonchev–Trinajstić information content (AvgIpc) is 2.87. The zero-order valence-electron chi connectivity index (χ0n) is 19.0. The van der Waals surface area contributed by atoms with Gasteiger partial charge in [-0.15, -0.1) is 0 Å². The fourth-order valence-corrected chi connectivity index (χ4v) is 3.77. The first-order chi connectivity index (χ1) is 16.2. The maximum Gasteiger partial charge on any atom is 0.187 e. The summed E-state index contributed by atoms with van der Waals surface area (Å²) in [7, 11) is 0. The molecule has 34 heavy (non-hydrogen) atoms. The third-order valence-corrected chi connectivity index (χ3v) is 5.58. The first kappa shape index (κ1) is 27.4.